The number of anilines is 1. The lowest BCUT2D eigenvalue weighted by atomic mass is 10.2. The molecule has 0 aliphatic rings. The molecule has 2 N–H and O–H groups in total. The van der Waals surface area contributed by atoms with Crippen LogP contribution in [-0.4, -0.2) is 7.11 Å². The molecule has 0 heterocycles. The van der Waals surface area contributed by atoms with Crippen LogP contribution < -0.4 is 15.2 Å². The Kier molecular flexibility index (Phi) is 3.37. The molecule has 0 unspecified atom stereocenters. The first-order valence-corrected chi connectivity index (χ1v) is 5.47. The first-order valence-electron chi connectivity index (χ1n) is 5.47. The molecule has 3 nitrogen and oxygen atoms in total. The fraction of sp³-hybridized carbons (Fsp3) is 0.143. The normalized spacial score (nSPS) is 10.2. The molecule has 0 saturated carbocycles. The quantitative estimate of drug-likeness (QED) is 0.844. The monoisotopic (exact) mass is 247 g/mol. The number of nitrogen functional groups attached to an aromatic ring is 1. The van der Waals surface area contributed by atoms with Crippen molar-refractivity contribution in [3.05, 3.63) is 47.8 Å². The highest BCUT2D eigenvalue weighted by molar-refractivity contribution is 5.56. The average molecular weight is 247 g/mol. The van der Waals surface area contributed by atoms with Crippen LogP contribution in [0.15, 0.2) is 36.4 Å². The second-order valence-corrected chi connectivity index (χ2v) is 3.92. The fourth-order valence-electron chi connectivity index (χ4n) is 1.53. The topological polar surface area (TPSA) is 44.5 Å². The van der Waals surface area contributed by atoms with E-state index in [1.165, 1.54) is 13.2 Å². The summed E-state index contributed by atoms with van der Waals surface area (Å²) < 4.78 is 24.0. The number of hydrogen-bond acceptors (Lipinski definition) is 3. The summed E-state index contributed by atoms with van der Waals surface area (Å²) in [6, 6.07) is 9.76. The van der Waals surface area contributed by atoms with E-state index >= 15 is 0 Å². The third-order valence-electron chi connectivity index (χ3n) is 2.58. The lowest BCUT2D eigenvalue weighted by Crippen LogP contribution is -1.93. The zero-order valence-electron chi connectivity index (χ0n) is 10.2. The van der Waals surface area contributed by atoms with Gasteiger partial charge in [-0.15, -0.1) is 0 Å². The van der Waals surface area contributed by atoms with Crippen molar-refractivity contribution in [2.45, 2.75) is 6.92 Å². The summed E-state index contributed by atoms with van der Waals surface area (Å²) in [6.07, 6.45) is 0. The molecule has 0 fully saturated rings. The van der Waals surface area contributed by atoms with Crippen molar-refractivity contribution in [1.29, 1.82) is 0 Å². The Balaban J connectivity index is 2.25. The Hall–Kier alpha value is -2.23. The second-order valence-electron chi connectivity index (χ2n) is 3.92. The van der Waals surface area contributed by atoms with E-state index in [0.29, 0.717) is 28.5 Å². The minimum absolute atomic E-state index is 0.296. The van der Waals surface area contributed by atoms with Crippen molar-refractivity contribution < 1.29 is 13.9 Å². The highest BCUT2D eigenvalue weighted by atomic mass is 19.1. The van der Waals surface area contributed by atoms with Crippen LogP contribution in [0, 0.1) is 12.7 Å². The van der Waals surface area contributed by atoms with E-state index in [-0.39, 0.29) is 5.82 Å². The van der Waals surface area contributed by atoms with E-state index in [1.807, 2.05) is 0 Å². The Morgan fingerprint density at radius 3 is 2.39 bits per heavy atom. The van der Waals surface area contributed by atoms with E-state index in [2.05, 4.69) is 0 Å². The highest BCUT2D eigenvalue weighted by Gasteiger charge is 2.05. The van der Waals surface area contributed by atoms with Crippen LogP contribution in [0.1, 0.15) is 5.56 Å². The molecule has 0 aliphatic carbocycles. The number of benzene rings is 2. The number of nitrogens with two attached hydrogens (primary N) is 1. The van der Waals surface area contributed by atoms with Crippen LogP contribution in [0.25, 0.3) is 0 Å². The molecule has 0 spiro atoms. The number of methoxy groups -OCH3 is 1. The minimum Gasteiger partial charge on any atom is -0.494 e. The summed E-state index contributed by atoms with van der Waals surface area (Å²) in [5.74, 6) is 1.21. The molecule has 4 heteroatoms. The number of rotatable bonds is 3. The van der Waals surface area contributed by atoms with Gasteiger partial charge >= 0.3 is 0 Å². The predicted molar refractivity (Wildman–Crippen MR) is 68.6 cm³/mol. The van der Waals surface area contributed by atoms with Gasteiger partial charge in [0.2, 0.25) is 0 Å². The standard InChI is InChI=1S/C14H14FNO2/c1-9-3-4-10(7-12(9)15)18-11-5-6-13(16)14(8-11)17-2/h3-8H,16H2,1-2H3. The largest absolute Gasteiger partial charge is 0.494 e. The molecule has 2 aromatic carbocycles. The van der Waals surface area contributed by atoms with E-state index < -0.39 is 0 Å². The van der Waals surface area contributed by atoms with Crippen LogP contribution in [0.5, 0.6) is 17.2 Å². The molecule has 0 radical (unpaired) electrons. The van der Waals surface area contributed by atoms with Crippen molar-refractivity contribution in [2.75, 3.05) is 12.8 Å². The van der Waals surface area contributed by atoms with Gasteiger partial charge in [-0.05, 0) is 30.7 Å². The minimum atomic E-state index is -0.296. The highest BCUT2D eigenvalue weighted by Crippen LogP contribution is 2.30. The van der Waals surface area contributed by atoms with Gasteiger partial charge in [-0.1, -0.05) is 6.07 Å². The third-order valence-corrected chi connectivity index (χ3v) is 2.58. The van der Waals surface area contributed by atoms with E-state index in [4.69, 9.17) is 15.2 Å². The summed E-state index contributed by atoms with van der Waals surface area (Å²) in [5.41, 5.74) is 6.81. The van der Waals surface area contributed by atoms with Gasteiger partial charge in [0, 0.05) is 12.1 Å². The van der Waals surface area contributed by atoms with Crippen molar-refractivity contribution >= 4 is 5.69 Å². The molecule has 0 bridgehead atoms. The van der Waals surface area contributed by atoms with E-state index in [1.54, 1.807) is 37.3 Å². The Morgan fingerprint density at radius 2 is 1.72 bits per heavy atom. The van der Waals surface area contributed by atoms with Crippen LogP contribution in [-0.2, 0) is 0 Å². The molecule has 0 aromatic heterocycles. The first-order chi connectivity index (χ1) is 8.60. The van der Waals surface area contributed by atoms with Gasteiger partial charge in [0.05, 0.1) is 12.8 Å². The lowest BCUT2D eigenvalue weighted by molar-refractivity contribution is 0.411. The first kappa shape index (κ1) is 12.2. The number of halogens is 1. The van der Waals surface area contributed by atoms with Crippen molar-refractivity contribution in [3.8, 4) is 17.2 Å². The summed E-state index contributed by atoms with van der Waals surface area (Å²) in [7, 11) is 1.53. The average Bonchev–Trinajstić information content (AvgIpc) is 2.36. The SMILES string of the molecule is COc1cc(Oc2ccc(C)c(F)c2)ccc1N. The molecule has 2 rings (SSSR count). The summed E-state index contributed by atoms with van der Waals surface area (Å²) in [5, 5.41) is 0. The maximum Gasteiger partial charge on any atom is 0.145 e. The summed E-state index contributed by atoms with van der Waals surface area (Å²) >= 11 is 0. The molecule has 94 valence electrons. The number of ether oxygens (including phenoxy) is 2. The van der Waals surface area contributed by atoms with Gasteiger partial charge in [-0.25, -0.2) is 4.39 Å². The van der Waals surface area contributed by atoms with Crippen molar-refractivity contribution in [2.24, 2.45) is 0 Å². The van der Waals surface area contributed by atoms with Crippen LogP contribution in [0.3, 0.4) is 0 Å². The summed E-state index contributed by atoms with van der Waals surface area (Å²) in [4.78, 5) is 0. The van der Waals surface area contributed by atoms with E-state index in [9.17, 15) is 4.39 Å². The smallest absolute Gasteiger partial charge is 0.145 e. The maximum absolute atomic E-state index is 13.4. The van der Waals surface area contributed by atoms with Crippen molar-refractivity contribution in [1.82, 2.24) is 0 Å². The van der Waals surface area contributed by atoms with Gasteiger partial charge in [-0.3, -0.25) is 0 Å². The zero-order chi connectivity index (χ0) is 13.1. The van der Waals surface area contributed by atoms with Gasteiger partial charge in [0.25, 0.3) is 0 Å². The molecule has 0 amide bonds. The Bertz CT molecular complexity index is 570. The molecular weight excluding hydrogens is 233 g/mol. The number of aryl methyl sites for hydroxylation is 1. The lowest BCUT2D eigenvalue weighted by Gasteiger charge is -2.09. The van der Waals surface area contributed by atoms with Crippen molar-refractivity contribution in [3.63, 3.8) is 0 Å². The van der Waals surface area contributed by atoms with Crippen LogP contribution in [0.4, 0.5) is 10.1 Å². The molecule has 2 aromatic rings. The molecule has 0 aliphatic heterocycles. The molecule has 0 atom stereocenters. The van der Waals surface area contributed by atoms with Gasteiger partial charge in [0.15, 0.2) is 0 Å². The third kappa shape index (κ3) is 2.53. The molecule has 0 saturated heterocycles. The Morgan fingerprint density at radius 1 is 1.06 bits per heavy atom. The van der Waals surface area contributed by atoms with Gasteiger partial charge in [0.1, 0.15) is 23.1 Å². The number of hydrogen-bond donors (Lipinski definition) is 1. The van der Waals surface area contributed by atoms with E-state index in [0.717, 1.165) is 0 Å². The van der Waals surface area contributed by atoms with Crippen LogP contribution in [0.2, 0.25) is 0 Å². The fourth-order valence-corrected chi connectivity index (χ4v) is 1.53. The van der Waals surface area contributed by atoms with Gasteiger partial charge in [-0.2, -0.15) is 0 Å². The van der Waals surface area contributed by atoms with Crippen LogP contribution >= 0.6 is 0 Å². The predicted octanol–water partition coefficient (Wildman–Crippen LogP) is 3.52. The maximum atomic E-state index is 13.4. The summed E-state index contributed by atoms with van der Waals surface area (Å²) in [6.45, 7) is 1.70. The van der Waals surface area contributed by atoms with Gasteiger partial charge < -0.3 is 15.2 Å². The zero-order valence-corrected chi connectivity index (χ0v) is 10.2. The molecular formula is C14H14FNO2. The molecule has 18 heavy (non-hydrogen) atoms. The Labute approximate surface area is 105 Å². The second kappa shape index (κ2) is 4.96.